The summed E-state index contributed by atoms with van der Waals surface area (Å²) in [7, 11) is -2.17. The lowest BCUT2D eigenvalue weighted by Crippen LogP contribution is -2.50. The van der Waals surface area contributed by atoms with Gasteiger partial charge in [-0.3, -0.25) is 4.79 Å². The largest absolute Gasteiger partial charge is 0.487 e. The Morgan fingerprint density at radius 2 is 1.85 bits per heavy atom. The molecule has 3 atom stereocenters. The number of aliphatic hydroxyl groups is 1. The first kappa shape index (κ1) is 25.2. The lowest BCUT2D eigenvalue weighted by Gasteiger charge is -2.37. The van der Waals surface area contributed by atoms with Gasteiger partial charge < -0.3 is 14.7 Å². The molecule has 3 rings (SSSR count). The minimum atomic E-state index is -3.90. The number of likely N-dealkylation sites (N-methyl/N-ethyl adjacent to an activating group) is 1. The van der Waals surface area contributed by atoms with Crippen LogP contribution in [-0.2, 0) is 14.8 Å². The lowest BCUT2D eigenvalue weighted by atomic mass is 10.0. The number of rotatable bonds is 6. The highest BCUT2D eigenvalue weighted by atomic mass is 32.2. The molecule has 0 saturated heterocycles. The maximum atomic E-state index is 13.6. The second kappa shape index (κ2) is 10.2. The number of carbonyl (C=O) groups excluding carboxylic acids is 1. The van der Waals surface area contributed by atoms with Gasteiger partial charge in [-0.2, -0.15) is 4.31 Å². The Morgan fingerprint density at radius 3 is 2.45 bits per heavy atom. The van der Waals surface area contributed by atoms with Crippen molar-refractivity contribution in [3.05, 3.63) is 48.0 Å². The lowest BCUT2D eigenvalue weighted by molar-refractivity contribution is -0.131. The maximum absolute atomic E-state index is 13.6. The molecule has 0 spiro atoms. The van der Waals surface area contributed by atoms with Gasteiger partial charge in [-0.25, -0.2) is 8.42 Å². The Morgan fingerprint density at radius 1 is 1.21 bits per heavy atom. The van der Waals surface area contributed by atoms with Gasteiger partial charge in [0, 0.05) is 32.0 Å². The van der Waals surface area contributed by atoms with E-state index in [9.17, 15) is 18.3 Å². The highest BCUT2D eigenvalue weighted by Crippen LogP contribution is 2.36. The molecule has 0 unspecified atom stereocenters. The van der Waals surface area contributed by atoms with E-state index in [0.717, 1.165) is 16.7 Å². The molecule has 0 bridgehead atoms. The average Bonchev–Trinajstić information content (AvgIpc) is 2.80. The fraction of sp³-hybridized carbons (Fsp3) is 0.480. The van der Waals surface area contributed by atoms with Gasteiger partial charge in [-0.15, -0.1) is 0 Å². The predicted octanol–water partition coefficient (Wildman–Crippen LogP) is 3.30. The molecule has 0 saturated carbocycles. The average molecular weight is 475 g/mol. The van der Waals surface area contributed by atoms with E-state index in [1.54, 1.807) is 37.1 Å². The van der Waals surface area contributed by atoms with Crippen LogP contribution in [-0.4, -0.2) is 67.5 Å². The van der Waals surface area contributed by atoms with Crippen LogP contribution in [0.25, 0.3) is 11.1 Å². The summed E-state index contributed by atoms with van der Waals surface area (Å²) in [6.45, 7) is 7.65. The summed E-state index contributed by atoms with van der Waals surface area (Å²) in [6, 6.07) is 12.5. The smallest absolute Gasteiger partial charge is 0.247 e. The van der Waals surface area contributed by atoms with Crippen molar-refractivity contribution in [3.63, 3.8) is 0 Å². The number of hydrogen-bond acceptors (Lipinski definition) is 5. The van der Waals surface area contributed by atoms with Crippen LogP contribution in [0, 0.1) is 12.8 Å². The molecular weight excluding hydrogens is 440 g/mol. The summed E-state index contributed by atoms with van der Waals surface area (Å²) in [6.07, 6.45) is -0.0326. The van der Waals surface area contributed by atoms with Gasteiger partial charge in [0.25, 0.3) is 0 Å². The van der Waals surface area contributed by atoms with Gasteiger partial charge in [0.2, 0.25) is 15.9 Å². The summed E-state index contributed by atoms with van der Waals surface area (Å²) >= 11 is 0. The van der Waals surface area contributed by atoms with Crippen LogP contribution in [0.2, 0.25) is 0 Å². The van der Waals surface area contributed by atoms with E-state index < -0.39 is 22.2 Å². The number of fused-ring (bicyclic) bond motifs is 1. The first-order valence-corrected chi connectivity index (χ1v) is 12.8. The Bertz CT molecular complexity index is 1080. The quantitative estimate of drug-likeness (QED) is 0.694. The van der Waals surface area contributed by atoms with Crippen LogP contribution in [0.3, 0.4) is 0 Å². The molecule has 1 amide bonds. The van der Waals surface area contributed by atoms with Crippen molar-refractivity contribution in [1.82, 2.24) is 9.21 Å². The third kappa shape index (κ3) is 5.39. The second-order valence-electron chi connectivity index (χ2n) is 8.90. The molecule has 1 aliphatic heterocycles. The van der Waals surface area contributed by atoms with Crippen molar-refractivity contribution < 1.29 is 23.1 Å². The Hall–Kier alpha value is -2.42. The summed E-state index contributed by atoms with van der Waals surface area (Å²) in [5.41, 5.74) is 2.93. The van der Waals surface area contributed by atoms with Crippen molar-refractivity contribution in [2.24, 2.45) is 5.92 Å². The van der Waals surface area contributed by atoms with E-state index in [1.807, 2.05) is 45.0 Å². The number of aliphatic hydroxyl groups excluding tert-OH is 1. The van der Waals surface area contributed by atoms with E-state index in [4.69, 9.17) is 4.74 Å². The minimum absolute atomic E-state index is 0.00491. The number of carbonyl (C=O) groups is 1. The molecule has 2 aromatic rings. The summed E-state index contributed by atoms with van der Waals surface area (Å²) in [4.78, 5) is 13.9. The molecule has 1 aliphatic rings. The van der Waals surface area contributed by atoms with E-state index in [-0.39, 0.29) is 35.6 Å². The molecule has 7 nitrogen and oxygen atoms in total. The Kier molecular flexibility index (Phi) is 7.82. The minimum Gasteiger partial charge on any atom is -0.487 e. The van der Waals surface area contributed by atoms with Crippen LogP contribution in [0.15, 0.2) is 47.4 Å². The maximum Gasteiger partial charge on any atom is 0.247 e. The molecule has 1 heterocycles. The molecule has 0 aliphatic carbocycles. The van der Waals surface area contributed by atoms with Gasteiger partial charge in [0.05, 0.1) is 13.2 Å². The molecule has 0 fully saturated rings. The molecular formula is C25H34N2O5S. The normalized spacial score (nSPS) is 21.3. The van der Waals surface area contributed by atoms with E-state index in [2.05, 4.69) is 0 Å². The number of amides is 1. The topological polar surface area (TPSA) is 87.2 Å². The van der Waals surface area contributed by atoms with Gasteiger partial charge in [0.1, 0.15) is 16.7 Å². The van der Waals surface area contributed by atoms with E-state index in [0.29, 0.717) is 13.0 Å². The predicted molar refractivity (Wildman–Crippen MR) is 129 cm³/mol. The number of nitrogens with zero attached hydrogens (tertiary/aromatic N) is 2. The molecule has 0 radical (unpaired) electrons. The molecule has 33 heavy (non-hydrogen) atoms. The Labute approximate surface area is 197 Å². The summed E-state index contributed by atoms with van der Waals surface area (Å²) < 4.78 is 34.8. The van der Waals surface area contributed by atoms with Crippen LogP contribution in [0.1, 0.15) is 32.8 Å². The van der Waals surface area contributed by atoms with Gasteiger partial charge in [0.15, 0.2) is 0 Å². The van der Waals surface area contributed by atoms with Gasteiger partial charge in [-0.1, -0.05) is 49.7 Å². The fourth-order valence-corrected chi connectivity index (χ4v) is 5.84. The highest BCUT2D eigenvalue weighted by molar-refractivity contribution is 7.89. The van der Waals surface area contributed by atoms with Crippen LogP contribution in [0.5, 0.6) is 5.75 Å². The van der Waals surface area contributed by atoms with E-state index >= 15 is 0 Å². The zero-order valence-corrected chi connectivity index (χ0v) is 20.8. The highest BCUT2D eigenvalue weighted by Gasteiger charge is 2.38. The number of hydrogen-bond donors (Lipinski definition) is 1. The number of benzene rings is 2. The first-order valence-electron chi connectivity index (χ1n) is 11.3. The van der Waals surface area contributed by atoms with Crippen molar-refractivity contribution in [1.29, 1.82) is 0 Å². The second-order valence-corrected chi connectivity index (χ2v) is 10.8. The van der Waals surface area contributed by atoms with Crippen molar-refractivity contribution in [3.8, 4) is 16.9 Å². The number of aryl methyl sites for hydroxylation is 1. The molecule has 0 aromatic heterocycles. The molecule has 1 N–H and O–H groups in total. The third-order valence-electron chi connectivity index (χ3n) is 6.23. The van der Waals surface area contributed by atoms with Crippen molar-refractivity contribution in [2.45, 2.75) is 51.2 Å². The fourth-order valence-electron chi connectivity index (χ4n) is 4.01. The SMILES string of the molecule is CCC(=O)N(C)C[C@H]1Oc2cc(-c3ccc(C)cc3)ccc2S(=O)(=O)N([C@@H](C)CO)C[C@@H]1C. The van der Waals surface area contributed by atoms with Gasteiger partial charge >= 0.3 is 0 Å². The summed E-state index contributed by atoms with van der Waals surface area (Å²) in [5, 5.41) is 9.76. The van der Waals surface area contributed by atoms with Crippen LogP contribution >= 0.6 is 0 Å². The van der Waals surface area contributed by atoms with E-state index in [1.165, 1.54) is 4.31 Å². The molecule has 8 heteroatoms. The van der Waals surface area contributed by atoms with Crippen molar-refractivity contribution >= 4 is 15.9 Å². The monoisotopic (exact) mass is 474 g/mol. The first-order chi connectivity index (χ1) is 15.6. The molecule has 2 aromatic carbocycles. The van der Waals surface area contributed by atoms with Crippen molar-refractivity contribution in [2.75, 3.05) is 26.7 Å². The number of sulfonamides is 1. The zero-order valence-electron chi connectivity index (χ0n) is 20.0. The Balaban J connectivity index is 2.11. The zero-order chi connectivity index (χ0) is 24.3. The van der Waals surface area contributed by atoms with Crippen LogP contribution in [0.4, 0.5) is 0 Å². The third-order valence-corrected chi connectivity index (χ3v) is 8.25. The molecule has 180 valence electrons. The number of ether oxygens (including phenoxy) is 1. The standard InChI is InChI=1S/C25H34N2O5S/c1-6-25(29)26(5)15-23-18(3)14-27(19(4)16-28)33(30,31)24-12-11-21(13-22(24)32-23)20-9-7-17(2)8-10-20/h7-13,18-19,23,28H,6,14-16H2,1-5H3/t18-,19-,23+/m0/s1. The van der Waals surface area contributed by atoms with Crippen LogP contribution < -0.4 is 4.74 Å². The van der Waals surface area contributed by atoms with Gasteiger partial charge in [-0.05, 0) is 37.1 Å². The summed E-state index contributed by atoms with van der Waals surface area (Å²) in [5.74, 6) is 0.0452.